The Kier molecular flexibility index (Phi) is 16.7. The molecule has 1 heteroatoms. The average Bonchev–Trinajstić information content (AvgIpc) is 2.42. The highest BCUT2D eigenvalue weighted by Crippen LogP contribution is 2.22. The van der Waals surface area contributed by atoms with Crippen LogP contribution in [-0.4, -0.2) is 5.75 Å². The molecule has 0 saturated heterocycles. The van der Waals surface area contributed by atoms with Crippen molar-refractivity contribution in [2.75, 3.05) is 5.75 Å². The summed E-state index contributed by atoms with van der Waals surface area (Å²) >= 11 is 4.31. The molecule has 0 aliphatic rings. The van der Waals surface area contributed by atoms with Crippen LogP contribution in [0.15, 0.2) is 0 Å². The molecule has 0 amide bonds. The minimum atomic E-state index is 1.00. The quantitative estimate of drug-likeness (QED) is 0.242. The molecular formula is C18H38S. The predicted octanol–water partition coefficient (Wildman–Crippen LogP) is 7.03. The molecule has 0 aliphatic heterocycles. The standard InChI is InChI=1S/C18H38S/c1-3-5-6-7-8-9-10-11-15-18(14-4-2)16-12-13-17-19/h18-19H,3-17H2,1-2H3. The van der Waals surface area contributed by atoms with Gasteiger partial charge >= 0.3 is 0 Å². The first-order valence-corrected chi connectivity index (χ1v) is 9.59. The molecular weight excluding hydrogens is 248 g/mol. The molecule has 0 radical (unpaired) electrons. The molecule has 0 fully saturated rings. The van der Waals surface area contributed by atoms with E-state index in [4.69, 9.17) is 0 Å². The lowest BCUT2D eigenvalue weighted by Gasteiger charge is -2.15. The van der Waals surface area contributed by atoms with Crippen LogP contribution in [0.3, 0.4) is 0 Å². The fraction of sp³-hybridized carbons (Fsp3) is 1.00. The van der Waals surface area contributed by atoms with Gasteiger partial charge in [-0.15, -0.1) is 0 Å². The lowest BCUT2D eigenvalue weighted by molar-refractivity contribution is 0.383. The molecule has 0 heterocycles. The van der Waals surface area contributed by atoms with Gasteiger partial charge in [0, 0.05) is 0 Å². The van der Waals surface area contributed by atoms with Gasteiger partial charge in [-0.1, -0.05) is 97.3 Å². The Morgan fingerprint density at radius 3 is 1.63 bits per heavy atom. The summed E-state index contributed by atoms with van der Waals surface area (Å²) in [6, 6.07) is 0. The second-order valence-corrected chi connectivity index (χ2v) is 6.58. The van der Waals surface area contributed by atoms with E-state index in [0.717, 1.165) is 11.7 Å². The van der Waals surface area contributed by atoms with Gasteiger partial charge in [0.25, 0.3) is 0 Å². The van der Waals surface area contributed by atoms with Crippen molar-refractivity contribution in [2.45, 2.75) is 104 Å². The zero-order chi connectivity index (χ0) is 14.2. The van der Waals surface area contributed by atoms with Crippen molar-refractivity contribution in [3.8, 4) is 0 Å². The summed E-state index contributed by atoms with van der Waals surface area (Å²) in [5.74, 6) is 2.07. The normalized spacial score (nSPS) is 12.8. The molecule has 0 aliphatic carbocycles. The fourth-order valence-corrected chi connectivity index (χ4v) is 3.18. The summed E-state index contributed by atoms with van der Waals surface area (Å²) in [6.07, 6.45) is 20.1. The SMILES string of the molecule is CCCCCCCCCCC(CCC)CCCCS. The van der Waals surface area contributed by atoms with Crippen molar-refractivity contribution in [2.24, 2.45) is 5.92 Å². The van der Waals surface area contributed by atoms with Crippen molar-refractivity contribution in [3.63, 3.8) is 0 Å². The van der Waals surface area contributed by atoms with Gasteiger partial charge in [-0.05, 0) is 18.1 Å². The van der Waals surface area contributed by atoms with Crippen molar-refractivity contribution in [3.05, 3.63) is 0 Å². The van der Waals surface area contributed by atoms with E-state index < -0.39 is 0 Å². The zero-order valence-corrected chi connectivity index (χ0v) is 14.5. The van der Waals surface area contributed by atoms with Crippen LogP contribution in [0.1, 0.15) is 104 Å². The predicted molar refractivity (Wildman–Crippen MR) is 93.3 cm³/mol. The van der Waals surface area contributed by atoms with E-state index in [0.29, 0.717) is 0 Å². The van der Waals surface area contributed by atoms with Gasteiger partial charge in [-0.2, -0.15) is 12.6 Å². The number of rotatable bonds is 15. The van der Waals surface area contributed by atoms with Crippen LogP contribution in [0.2, 0.25) is 0 Å². The van der Waals surface area contributed by atoms with Crippen LogP contribution in [-0.2, 0) is 0 Å². The molecule has 116 valence electrons. The maximum absolute atomic E-state index is 4.31. The second kappa shape index (κ2) is 16.4. The summed E-state index contributed by atoms with van der Waals surface area (Å²) in [4.78, 5) is 0. The Hall–Kier alpha value is 0.350. The van der Waals surface area contributed by atoms with E-state index in [1.165, 1.54) is 89.9 Å². The van der Waals surface area contributed by atoms with Gasteiger partial charge in [0.1, 0.15) is 0 Å². The fourth-order valence-electron chi connectivity index (χ4n) is 2.95. The van der Waals surface area contributed by atoms with Crippen LogP contribution in [0, 0.1) is 5.92 Å². The maximum Gasteiger partial charge on any atom is -0.00979 e. The van der Waals surface area contributed by atoms with Crippen molar-refractivity contribution >= 4 is 12.6 Å². The first-order chi connectivity index (χ1) is 9.35. The van der Waals surface area contributed by atoms with Crippen LogP contribution >= 0.6 is 12.6 Å². The number of unbranched alkanes of at least 4 members (excludes halogenated alkanes) is 8. The first kappa shape index (κ1) is 19.4. The molecule has 0 saturated carbocycles. The Morgan fingerprint density at radius 1 is 0.579 bits per heavy atom. The average molecular weight is 287 g/mol. The van der Waals surface area contributed by atoms with Crippen LogP contribution < -0.4 is 0 Å². The molecule has 0 rings (SSSR count). The summed E-state index contributed by atoms with van der Waals surface area (Å²) < 4.78 is 0. The van der Waals surface area contributed by atoms with Crippen molar-refractivity contribution in [1.82, 2.24) is 0 Å². The van der Waals surface area contributed by atoms with Crippen LogP contribution in [0.25, 0.3) is 0 Å². The smallest absolute Gasteiger partial charge is 0.00979 e. The molecule has 19 heavy (non-hydrogen) atoms. The number of hydrogen-bond donors (Lipinski definition) is 1. The van der Waals surface area contributed by atoms with Crippen molar-refractivity contribution < 1.29 is 0 Å². The van der Waals surface area contributed by atoms with Gasteiger partial charge in [0.15, 0.2) is 0 Å². The van der Waals surface area contributed by atoms with E-state index in [2.05, 4.69) is 26.5 Å². The third-order valence-corrected chi connectivity index (χ3v) is 4.50. The Morgan fingerprint density at radius 2 is 1.11 bits per heavy atom. The lowest BCUT2D eigenvalue weighted by atomic mass is 9.91. The molecule has 0 aromatic carbocycles. The van der Waals surface area contributed by atoms with Crippen LogP contribution in [0.5, 0.6) is 0 Å². The number of hydrogen-bond acceptors (Lipinski definition) is 1. The largest absolute Gasteiger partial charge is 0.179 e. The van der Waals surface area contributed by atoms with Gasteiger partial charge in [-0.25, -0.2) is 0 Å². The molecule has 0 bridgehead atoms. The Labute approximate surface area is 128 Å². The lowest BCUT2D eigenvalue weighted by Crippen LogP contribution is -2.00. The van der Waals surface area contributed by atoms with Crippen LogP contribution in [0.4, 0.5) is 0 Å². The Bertz CT molecular complexity index is 156. The van der Waals surface area contributed by atoms with Crippen molar-refractivity contribution in [1.29, 1.82) is 0 Å². The molecule has 1 atom stereocenters. The number of thiol groups is 1. The maximum atomic E-state index is 4.31. The van der Waals surface area contributed by atoms with E-state index >= 15 is 0 Å². The summed E-state index contributed by atoms with van der Waals surface area (Å²) in [7, 11) is 0. The van der Waals surface area contributed by atoms with E-state index in [-0.39, 0.29) is 0 Å². The van der Waals surface area contributed by atoms with E-state index in [1.54, 1.807) is 0 Å². The molecule has 0 nitrogen and oxygen atoms in total. The minimum Gasteiger partial charge on any atom is -0.179 e. The molecule has 0 aromatic rings. The first-order valence-electron chi connectivity index (χ1n) is 8.96. The molecule has 1 unspecified atom stereocenters. The summed E-state index contributed by atoms with van der Waals surface area (Å²) in [6.45, 7) is 4.63. The van der Waals surface area contributed by atoms with Gasteiger partial charge in [0.05, 0.1) is 0 Å². The third-order valence-electron chi connectivity index (χ3n) is 4.18. The third kappa shape index (κ3) is 14.6. The van der Waals surface area contributed by atoms with Gasteiger partial charge in [-0.3, -0.25) is 0 Å². The second-order valence-electron chi connectivity index (χ2n) is 6.14. The summed E-state index contributed by atoms with van der Waals surface area (Å²) in [5, 5.41) is 0. The molecule has 0 spiro atoms. The van der Waals surface area contributed by atoms with Gasteiger partial charge in [0.2, 0.25) is 0 Å². The topological polar surface area (TPSA) is 0 Å². The molecule has 0 N–H and O–H groups in total. The summed E-state index contributed by atoms with van der Waals surface area (Å²) in [5.41, 5.74) is 0. The highest BCUT2D eigenvalue weighted by atomic mass is 32.1. The molecule has 0 aromatic heterocycles. The highest BCUT2D eigenvalue weighted by molar-refractivity contribution is 7.80. The highest BCUT2D eigenvalue weighted by Gasteiger charge is 2.07. The monoisotopic (exact) mass is 286 g/mol. The van der Waals surface area contributed by atoms with E-state index in [9.17, 15) is 0 Å². The minimum absolute atomic E-state index is 1.00. The van der Waals surface area contributed by atoms with E-state index in [1.807, 2.05) is 0 Å². The zero-order valence-electron chi connectivity index (χ0n) is 13.6. The Balaban J connectivity index is 3.36. The van der Waals surface area contributed by atoms with Gasteiger partial charge < -0.3 is 0 Å².